The van der Waals surface area contributed by atoms with Crippen LogP contribution in [0.5, 0.6) is 0 Å². The molecule has 0 unspecified atom stereocenters. The number of thiazole rings is 1. The number of nitrogens with one attached hydrogen (secondary N) is 1. The quantitative estimate of drug-likeness (QED) is 0.420. The molecule has 2 aromatic carbocycles. The molecule has 0 radical (unpaired) electrons. The van der Waals surface area contributed by atoms with Gasteiger partial charge in [-0.1, -0.05) is 23.7 Å². The first kappa shape index (κ1) is 20.9. The van der Waals surface area contributed by atoms with Crippen LogP contribution in [0.2, 0.25) is 5.02 Å². The highest BCUT2D eigenvalue weighted by molar-refractivity contribution is 7.18. The molecule has 0 saturated heterocycles. The zero-order chi connectivity index (χ0) is 22.3. The number of nitrogens with zero attached hydrogens (tertiary/aromatic N) is 4. The Labute approximate surface area is 195 Å². The third-order valence-electron chi connectivity index (χ3n) is 5.12. The maximum Gasteiger partial charge on any atom is 0.228 e. The monoisotopic (exact) mass is 483 g/mol. The Kier molecular flexibility index (Phi) is 5.37. The molecule has 1 fully saturated rings. The Morgan fingerprint density at radius 2 is 2.00 bits per heavy atom. The Balaban J connectivity index is 1.32. The van der Waals surface area contributed by atoms with Gasteiger partial charge >= 0.3 is 0 Å². The van der Waals surface area contributed by atoms with E-state index in [2.05, 4.69) is 26.6 Å². The van der Waals surface area contributed by atoms with Crippen molar-refractivity contribution in [2.75, 3.05) is 0 Å². The minimum Gasteiger partial charge on any atom is -0.337 e. The molecule has 6 nitrogen and oxygen atoms in total. The molecule has 2 heterocycles. The van der Waals surface area contributed by atoms with Crippen molar-refractivity contribution in [2.24, 2.45) is 0 Å². The van der Waals surface area contributed by atoms with Crippen LogP contribution in [0.25, 0.3) is 21.3 Å². The summed E-state index contributed by atoms with van der Waals surface area (Å²) in [7, 11) is 0. The molecule has 1 amide bonds. The van der Waals surface area contributed by atoms with E-state index in [9.17, 15) is 9.18 Å². The van der Waals surface area contributed by atoms with Gasteiger partial charge in [0.15, 0.2) is 0 Å². The second kappa shape index (κ2) is 8.20. The summed E-state index contributed by atoms with van der Waals surface area (Å²) in [6.07, 6.45) is 1.99. The molecule has 1 aliphatic rings. The first-order valence-corrected chi connectivity index (χ1v) is 11.8. The number of halogens is 2. The van der Waals surface area contributed by atoms with Crippen molar-refractivity contribution >= 4 is 50.4 Å². The molecular weight excluding hydrogens is 469 g/mol. The van der Waals surface area contributed by atoms with E-state index in [-0.39, 0.29) is 18.1 Å². The number of amides is 1. The van der Waals surface area contributed by atoms with E-state index in [0.717, 1.165) is 25.8 Å². The van der Waals surface area contributed by atoms with Crippen molar-refractivity contribution in [2.45, 2.75) is 31.2 Å². The van der Waals surface area contributed by atoms with E-state index in [1.165, 1.54) is 34.8 Å². The number of aromatic nitrogens is 3. The van der Waals surface area contributed by atoms with Crippen LogP contribution in [-0.4, -0.2) is 26.6 Å². The number of fused-ring (bicyclic) bond motifs is 1. The highest BCUT2D eigenvalue weighted by atomic mass is 35.5. The first-order valence-electron chi connectivity index (χ1n) is 9.81. The Morgan fingerprint density at radius 1 is 1.19 bits per heavy atom. The lowest BCUT2D eigenvalue weighted by Crippen LogP contribution is -2.36. The highest BCUT2D eigenvalue weighted by Gasteiger charge is 2.44. The summed E-state index contributed by atoms with van der Waals surface area (Å²) in [5.41, 5.74) is 1.55. The maximum atomic E-state index is 13.6. The molecule has 5 rings (SSSR count). The molecule has 0 aliphatic heterocycles. The van der Waals surface area contributed by atoms with Crippen molar-refractivity contribution in [1.82, 2.24) is 20.5 Å². The summed E-state index contributed by atoms with van der Waals surface area (Å²) in [5.74, 6) is -0.532. The lowest BCUT2D eigenvalue weighted by Gasteiger charge is -2.06. The lowest BCUT2D eigenvalue weighted by molar-refractivity contribution is -0.121. The van der Waals surface area contributed by atoms with E-state index < -0.39 is 5.54 Å². The molecule has 10 heteroatoms. The average molecular weight is 484 g/mol. The van der Waals surface area contributed by atoms with Crippen molar-refractivity contribution in [3.05, 3.63) is 62.3 Å². The average Bonchev–Trinajstić information content (AvgIpc) is 3.21. The van der Waals surface area contributed by atoms with Gasteiger partial charge in [0, 0.05) is 5.56 Å². The van der Waals surface area contributed by atoms with Gasteiger partial charge in [-0.05, 0) is 42.7 Å². The summed E-state index contributed by atoms with van der Waals surface area (Å²) in [5, 5.41) is 22.9. The topological polar surface area (TPSA) is 91.6 Å². The summed E-state index contributed by atoms with van der Waals surface area (Å²) in [6, 6.07) is 12.2. The number of carbonyl (C=O) groups excluding carboxylic acids is 1. The van der Waals surface area contributed by atoms with Crippen LogP contribution >= 0.6 is 34.3 Å². The molecule has 1 N–H and O–H groups in total. The molecule has 4 aromatic rings. The molecule has 0 atom stereocenters. The lowest BCUT2D eigenvalue weighted by atomic mass is 10.1. The normalized spacial score (nSPS) is 14.3. The Morgan fingerprint density at radius 3 is 2.75 bits per heavy atom. The fourth-order valence-corrected chi connectivity index (χ4v) is 5.55. The van der Waals surface area contributed by atoms with E-state index in [4.69, 9.17) is 16.9 Å². The van der Waals surface area contributed by atoms with Crippen LogP contribution in [0.1, 0.15) is 27.9 Å². The molecule has 0 spiro atoms. The molecule has 1 saturated carbocycles. The minimum absolute atomic E-state index is 0.105. The van der Waals surface area contributed by atoms with E-state index in [0.29, 0.717) is 34.9 Å². The van der Waals surface area contributed by atoms with Gasteiger partial charge in [-0.15, -0.1) is 32.9 Å². The Bertz CT molecular complexity index is 1390. The summed E-state index contributed by atoms with van der Waals surface area (Å²) in [6.45, 7) is 0. The third-order valence-corrected chi connectivity index (χ3v) is 7.38. The predicted octanol–water partition coefficient (Wildman–Crippen LogP) is 4.91. The van der Waals surface area contributed by atoms with Crippen molar-refractivity contribution in [3.8, 4) is 17.2 Å². The predicted molar refractivity (Wildman–Crippen MR) is 122 cm³/mol. The van der Waals surface area contributed by atoms with E-state index >= 15 is 0 Å². The summed E-state index contributed by atoms with van der Waals surface area (Å²) >= 11 is 9.31. The molecule has 1 aliphatic carbocycles. The SMILES string of the molecule is N#CC1(NC(=O)Cc2nnc(Cc3nc4cc(Cl)c(-c5cccc(F)c5)cc4s3)s2)CC1. The summed E-state index contributed by atoms with van der Waals surface area (Å²) < 4.78 is 14.6. The Hall–Kier alpha value is -2.93. The van der Waals surface area contributed by atoms with Gasteiger partial charge in [0.1, 0.15) is 26.4 Å². The molecule has 32 heavy (non-hydrogen) atoms. The number of nitriles is 1. The standard InChI is InChI=1S/C22H15ClFN5OS2/c23-15-8-16-17(7-14(15)12-2-1-3-13(24)6-12)31-19(26-16)10-21-29-28-20(32-21)9-18(30)27-22(11-25)4-5-22/h1-3,6-8H,4-5,9-10H2,(H,27,30). The molecule has 160 valence electrons. The van der Waals surface area contributed by atoms with Crippen LogP contribution in [0.15, 0.2) is 36.4 Å². The van der Waals surface area contributed by atoms with Crippen LogP contribution in [0.3, 0.4) is 0 Å². The minimum atomic E-state index is -0.683. The van der Waals surface area contributed by atoms with Crippen LogP contribution < -0.4 is 5.32 Å². The summed E-state index contributed by atoms with van der Waals surface area (Å²) in [4.78, 5) is 16.8. The van der Waals surface area contributed by atoms with Gasteiger partial charge in [0.2, 0.25) is 5.91 Å². The van der Waals surface area contributed by atoms with Gasteiger partial charge in [-0.25, -0.2) is 9.37 Å². The van der Waals surface area contributed by atoms with E-state index in [1.807, 2.05) is 12.1 Å². The fourth-order valence-electron chi connectivity index (χ4n) is 3.35. The van der Waals surface area contributed by atoms with Gasteiger partial charge in [0.25, 0.3) is 0 Å². The van der Waals surface area contributed by atoms with E-state index in [1.54, 1.807) is 12.1 Å². The second-order valence-electron chi connectivity index (χ2n) is 7.60. The van der Waals surface area contributed by atoms with Crippen LogP contribution in [-0.2, 0) is 17.6 Å². The highest BCUT2D eigenvalue weighted by Crippen LogP contribution is 2.36. The van der Waals surface area contributed by atoms with Crippen molar-refractivity contribution < 1.29 is 9.18 Å². The molecule has 2 aromatic heterocycles. The number of rotatable bonds is 6. The molecule has 0 bridgehead atoms. The number of hydrogen-bond acceptors (Lipinski definition) is 7. The van der Waals surface area contributed by atoms with Crippen molar-refractivity contribution in [3.63, 3.8) is 0 Å². The van der Waals surface area contributed by atoms with Gasteiger partial charge < -0.3 is 5.32 Å². The van der Waals surface area contributed by atoms with Crippen LogP contribution in [0.4, 0.5) is 4.39 Å². The first-order chi connectivity index (χ1) is 15.4. The largest absolute Gasteiger partial charge is 0.337 e. The third kappa shape index (κ3) is 4.35. The second-order valence-corrected chi connectivity index (χ2v) is 10.3. The van der Waals surface area contributed by atoms with Gasteiger partial charge in [-0.2, -0.15) is 5.26 Å². The van der Waals surface area contributed by atoms with Crippen molar-refractivity contribution in [1.29, 1.82) is 5.26 Å². The maximum absolute atomic E-state index is 13.6. The van der Waals surface area contributed by atoms with Crippen LogP contribution in [0, 0.1) is 17.1 Å². The van der Waals surface area contributed by atoms with Gasteiger partial charge in [0.05, 0.1) is 34.2 Å². The smallest absolute Gasteiger partial charge is 0.228 e. The number of hydrogen-bond donors (Lipinski definition) is 1. The molecular formula is C22H15ClFN5OS2. The number of carbonyl (C=O) groups is 1. The zero-order valence-electron chi connectivity index (χ0n) is 16.6. The number of benzene rings is 2. The fraction of sp³-hybridized carbons (Fsp3) is 0.227. The zero-order valence-corrected chi connectivity index (χ0v) is 19.0. The van der Waals surface area contributed by atoms with Gasteiger partial charge in [-0.3, -0.25) is 4.79 Å².